The van der Waals surface area contributed by atoms with Crippen LogP contribution in [0.2, 0.25) is 0 Å². The van der Waals surface area contributed by atoms with Crippen molar-refractivity contribution in [3.8, 4) is 11.8 Å². The van der Waals surface area contributed by atoms with Crippen molar-refractivity contribution in [2.45, 2.75) is 25.9 Å². The zero-order valence-corrected chi connectivity index (χ0v) is 13.9. The van der Waals surface area contributed by atoms with Gasteiger partial charge in [0.1, 0.15) is 11.8 Å². The molecule has 122 valence electrons. The van der Waals surface area contributed by atoms with Gasteiger partial charge in [-0.15, -0.1) is 0 Å². The van der Waals surface area contributed by atoms with Gasteiger partial charge in [-0.1, -0.05) is 0 Å². The van der Waals surface area contributed by atoms with E-state index in [4.69, 9.17) is 27.0 Å². The molecule has 2 N–H and O–H groups in total. The summed E-state index contributed by atoms with van der Waals surface area (Å²) in [4.78, 5) is 0. The van der Waals surface area contributed by atoms with Gasteiger partial charge < -0.3 is 14.8 Å². The van der Waals surface area contributed by atoms with Crippen molar-refractivity contribution >= 4 is 23.0 Å². The van der Waals surface area contributed by atoms with Gasteiger partial charge in [0.05, 0.1) is 11.8 Å². The molecule has 0 spiro atoms. The van der Waals surface area contributed by atoms with Crippen LogP contribution in [0.5, 0.6) is 5.75 Å². The highest BCUT2D eigenvalue weighted by atomic mass is 32.1. The lowest BCUT2D eigenvalue weighted by molar-refractivity contribution is 0.114. The second-order valence-electron chi connectivity index (χ2n) is 5.13. The number of nitriles is 1. The van der Waals surface area contributed by atoms with Gasteiger partial charge in [0.15, 0.2) is 11.7 Å². The molecule has 0 unspecified atom stereocenters. The molecule has 7 heteroatoms. The van der Waals surface area contributed by atoms with Gasteiger partial charge in [-0.25, -0.2) is 0 Å². The molecule has 0 aromatic heterocycles. The predicted molar refractivity (Wildman–Crippen MR) is 92.5 cm³/mol. The number of thiocarbonyl (C=S) groups is 1. The molecule has 1 aliphatic rings. The highest BCUT2D eigenvalue weighted by molar-refractivity contribution is 7.80. The van der Waals surface area contributed by atoms with E-state index in [9.17, 15) is 0 Å². The number of hydrogen-bond acceptors (Lipinski definition) is 5. The summed E-state index contributed by atoms with van der Waals surface area (Å²) in [5.74, 6) is 0.657. The van der Waals surface area contributed by atoms with Gasteiger partial charge in [-0.2, -0.15) is 10.4 Å². The van der Waals surface area contributed by atoms with Crippen LogP contribution in [0.4, 0.5) is 0 Å². The third-order valence-corrected chi connectivity index (χ3v) is 3.65. The van der Waals surface area contributed by atoms with Crippen LogP contribution >= 0.6 is 12.2 Å². The lowest BCUT2D eigenvalue weighted by Crippen LogP contribution is -2.37. The number of rotatable bonds is 6. The number of nitrogens with zero attached hydrogens (tertiary/aromatic N) is 2. The predicted octanol–water partition coefficient (Wildman–Crippen LogP) is 1.96. The molecule has 0 bridgehead atoms. The first-order valence-electron chi connectivity index (χ1n) is 7.49. The molecule has 1 saturated heterocycles. The topological polar surface area (TPSA) is 78.7 Å². The van der Waals surface area contributed by atoms with E-state index in [1.165, 1.54) is 0 Å². The summed E-state index contributed by atoms with van der Waals surface area (Å²) in [6.07, 6.45) is 2.41. The molecule has 0 aliphatic carbocycles. The van der Waals surface area contributed by atoms with Gasteiger partial charge in [-0.05, 0) is 61.8 Å². The lowest BCUT2D eigenvalue weighted by atomic mass is 10.1. The Balaban J connectivity index is 1.79. The van der Waals surface area contributed by atoms with E-state index in [2.05, 4.69) is 15.8 Å². The van der Waals surface area contributed by atoms with Crippen molar-refractivity contribution < 1.29 is 9.47 Å². The Labute approximate surface area is 141 Å². The molecule has 1 atom stereocenters. The molecule has 1 aromatic rings. The molecular weight excluding hydrogens is 312 g/mol. The maximum atomic E-state index is 8.48. The van der Waals surface area contributed by atoms with Gasteiger partial charge >= 0.3 is 0 Å². The quantitative estimate of drug-likeness (QED) is 0.471. The van der Waals surface area contributed by atoms with Crippen molar-refractivity contribution in [3.05, 3.63) is 29.8 Å². The summed E-state index contributed by atoms with van der Waals surface area (Å²) in [7, 11) is 0. The van der Waals surface area contributed by atoms with E-state index in [1.807, 2.05) is 25.1 Å². The molecule has 1 aliphatic heterocycles. The fraction of sp³-hybridized carbons (Fsp3) is 0.438. The van der Waals surface area contributed by atoms with Crippen molar-refractivity contribution in [3.63, 3.8) is 0 Å². The first kappa shape index (κ1) is 17.2. The Kier molecular flexibility index (Phi) is 6.78. The van der Waals surface area contributed by atoms with Crippen LogP contribution in [0.25, 0.3) is 0 Å². The average molecular weight is 332 g/mol. The number of ether oxygens (including phenoxy) is 2. The van der Waals surface area contributed by atoms with Crippen molar-refractivity contribution in [2.24, 2.45) is 5.10 Å². The number of benzene rings is 1. The number of hydrazone groups is 1. The van der Waals surface area contributed by atoms with Crippen LogP contribution in [0.15, 0.2) is 29.4 Å². The maximum absolute atomic E-state index is 8.48. The van der Waals surface area contributed by atoms with Crippen LogP contribution in [0.3, 0.4) is 0 Å². The summed E-state index contributed by atoms with van der Waals surface area (Å²) in [6, 6.07) is 9.31. The normalized spacial score (nSPS) is 17.4. The minimum absolute atomic E-state index is 0.0403. The van der Waals surface area contributed by atoms with Crippen LogP contribution in [0, 0.1) is 11.3 Å². The second kappa shape index (κ2) is 9.08. The van der Waals surface area contributed by atoms with E-state index in [1.54, 1.807) is 12.1 Å². The first-order chi connectivity index (χ1) is 11.2. The Morgan fingerprint density at radius 3 is 2.91 bits per heavy atom. The van der Waals surface area contributed by atoms with Crippen LogP contribution < -0.4 is 15.5 Å². The summed E-state index contributed by atoms with van der Waals surface area (Å²) < 4.78 is 10.7. The largest absolute Gasteiger partial charge is 0.479 e. The summed E-state index contributed by atoms with van der Waals surface area (Å²) >= 11 is 5.19. The Bertz CT molecular complexity index is 589. The van der Waals surface area contributed by atoms with Crippen LogP contribution in [-0.2, 0) is 4.74 Å². The highest BCUT2D eigenvalue weighted by Gasteiger charge is 2.15. The van der Waals surface area contributed by atoms with Crippen molar-refractivity contribution in [1.29, 1.82) is 5.26 Å². The molecule has 0 radical (unpaired) electrons. The van der Waals surface area contributed by atoms with Gasteiger partial charge in [0.25, 0.3) is 0 Å². The third kappa shape index (κ3) is 5.85. The minimum Gasteiger partial charge on any atom is -0.479 e. The third-order valence-electron chi connectivity index (χ3n) is 3.41. The number of hydrogen-bond donors (Lipinski definition) is 2. The smallest absolute Gasteiger partial charge is 0.187 e. The van der Waals surface area contributed by atoms with Crippen LogP contribution in [0.1, 0.15) is 25.3 Å². The van der Waals surface area contributed by atoms with Crippen molar-refractivity contribution in [1.82, 2.24) is 10.7 Å². The molecular formula is C16H20N4O2S. The highest BCUT2D eigenvalue weighted by Crippen LogP contribution is 2.12. The zero-order valence-electron chi connectivity index (χ0n) is 13.0. The molecule has 2 rings (SSSR count). The molecule has 0 amide bonds. The fourth-order valence-corrected chi connectivity index (χ4v) is 2.29. The van der Waals surface area contributed by atoms with E-state index >= 15 is 0 Å². The molecule has 0 saturated carbocycles. The van der Waals surface area contributed by atoms with Gasteiger partial charge in [0.2, 0.25) is 0 Å². The first-order valence-corrected chi connectivity index (χ1v) is 7.90. The Morgan fingerprint density at radius 2 is 2.26 bits per heavy atom. The van der Waals surface area contributed by atoms with E-state index in [0.717, 1.165) is 30.7 Å². The zero-order chi connectivity index (χ0) is 16.5. The van der Waals surface area contributed by atoms with E-state index < -0.39 is 0 Å². The fourth-order valence-electron chi connectivity index (χ4n) is 2.16. The monoisotopic (exact) mass is 332 g/mol. The second-order valence-corrected chi connectivity index (χ2v) is 5.53. The van der Waals surface area contributed by atoms with E-state index in [0.29, 0.717) is 17.4 Å². The van der Waals surface area contributed by atoms with Crippen molar-refractivity contribution in [2.75, 3.05) is 19.8 Å². The molecule has 6 nitrogen and oxygen atoms in total. The lowest BCUT2D eigenvalue weighted by Gasteiger charge is -2.12. The minimum atomic E-state index is 0.0403. The molecule has 1 heterocycles. The van der Waals surface area contributed by atoms with Gasteiger partial charge in [0, 0.05) is 13.2 Å². The average Bonchev–Trinajstić information content (AvgIpc) is 3.10. The Morgan fingerprint density at radius 1 is 1.48 bits per heavy atom. The Hall–Kier alpha value is -2.17. The maximum Gasteiger partial charge on any atom is 0.187 e. The molecule has 1 fully saturated rings. The molecule has 23 heavy (non-hydrogen) atoms. The molecule has 1 aromatic carbocycles. The van der Waals surface area contributed by atoms with E-state index in [-0.39, 0.29) is 12.7 Å². The summed E-state index contributed by atoms with van der Waals surface area (Å²) in [5, 5.41) is 16.3. The summed E-state index contributed by atoms with van der Waals surface area (Å²) in [6.45, 7) is 3.46. The SMILES string of the molecule is C/C(=N/NC(=S)NC[C@H]1CCCO1)c1ccc(OCC#N)cc1. The van der Waals surface area contributed by atoms with Gasteiger partial charge in [-0.3, -0.25) is 5.43 Å². The summed E-state index contributed by atoms with van der Waals surface area (Å²) in [5.41, 5.74) is 4.58. The van der Waals surface area contributed by atoms with Crippen LogP contribution in [-0.4, -0.2) is 36.7 Å². The number of nitrogens with one attached hydrogen (secondary N) is 2. The standard InChI is InChI=1S/C16H20N4O2S/c1-12(13-4-6-14(7-5-13)22-10-8-17)19-20-16(23)18-11-15-3-2-9-21-15/h4-7,15H,2-3,9-11H2,1H3,(H2,18,20,23)/b19-12-/t15-/m1/s1.